The van der Waals surface area contributed by atoms with Gasteiger partial charge in [0.2, 0.25) is 0 Å². The van der Waals surface area contributed by atoms with Crippen molar-refractivity contribution < 1.29 is 24.9 Å². The molecule has 0 aliphatic heterocycles. The van der Waals surface area contributed by atoms with Gasteiger partial charge >= 0.3 is 5.97 Å². The molecule has 0 fully saturated rings. The number of carbonyl (C=O) groups excluding carboxylic acids is 1. The van der Waals surface area contributed by atoms with Crippen molar-refractivity contribution in [1.29, 1.82) is 0 Å². The summed E-state index contributed by atoms with van der Waals surface area (Å²) in [4.78, 5) is 22.4. The van der Waals surface area contributed by atoms with Gasteiger partial charge in [-0.2, -0.15) is 5.10 Å². The van der Waals surface area contributed by atoms with Crippen molar-refractivity contribution in [2.24, 2.45) is 5.10 Å². The number of anilines is 1. The monoisotopic (exact) mass is 348 g/mol. The molecule has 0 spiro atoms. The summed E-state index contributed by atoms with van der Waals surface area (Å²) in [5.74, 6) is -3.42. The number of carbonyl (C=O) groups is 2. The second kappa shape index (κ2) is 6.94. The van der Waals surface area contributed by atoms with Gasteiger partial charge in [-0.1, -0.05) is 42.1 Å². The van der Waals surface area contributed by atoms with Gasteiger partial charge in [0.1, 0.15) is 0 Å². The number of hydrogen-bond acceptors (Lipinski definition) is 6. The van der Waals surface area contributed by atoms with Crippen molar-refractivity contribution in [2.75, 3.05) is 5.43 Å². The summed E-state index contributed by atoms with van der Waals surface area (Å²) in [5, 5.41) is 37.8. The Balaban J connectivity index is 2.03. The largest absolute Gasteiger partial charge is 0.872 e. The Kier molecular flexibility index (Phi) is 4.53. The number of nitrogens with zero attached hydrogens (tertiary/aromatic N) is 1. The lowest BCUT2D eigenvalue weighted by Gasteiger charge is -2.19. The Labute approximate surface area is 147 Å². The third-order valence-corrected chi connectivity index (χ3v) is 3.80. The normalized spacial score (nSPS) is 10.9. The lowest BCUT2D eigenvalue weighted by atomic mass is 10.00. The SMILES string of the molecule is O=C(O)c1ccccc1N/N=C/c1c([O-])c(C(=O)[O-])cc2ccccc12. The summed E-state index contributed by atoms with van der Waals surface area (Å²) in [7, 11) is 0. The second-order valence-electron chi connectivity index (χ2n) is 5.40. The van der Waals surface area contributed by atoms with Crippen LogP contribution < -0.4 is 15.6 Å². The van der Waals surface area contributed by atoms with E-state index in [0.717, 1.165) is 0 Å². The molecule has 0 aromatic heterocycles. The van der Waals surface area contributed by atoms with Crippen LogP contribution in [0, 0.1) is 0 Å². The van der Waals surface area contributed by atoms with Crippen LogP contribution in [0.4, 0.5) is 5.69 Å². The van der Waals surface area contributed by atoms with E-state index in [1.807, 2.05) is 0 Å². The predicted molar refractivity (Wildman–Crippen MR) is 92.3 cm³/mol. The molecule has 0 saturated heterocycles. The Bertz CT molecular complexity index is 1040. The van der Waals surface area contributed by atoms with E-state index in [-0.39, 0.29) is 16.8 Å². The van der Waals surface area contributed by atoms with Crippen LogP contribution in [0.3, 0.4) is 0 Å². The topological polar surface area (TPSA) is 125 Å². The third kappa shape index (κ3) is 3.18. The molecule has 0 amide bonds. The number of carboxylic acids is 2. The molecule has 7 heteroatoms. The molecule has 0 bridgehead atoms. The highest BCUT2D eigenvalue weighted by molar-refractivity contribution is 6.07. The van der Waals surface area contributed by atoms with Gasteiger partial charge in [0.05, 0.1) is 23.4 Å². The first-order valence-electron chi connectivity index (χ1n) is 7.54. The summed E-state index contributed by atoms with van der Waals surface area (Å²) >= 11 is 0. The van der Waals surface area contributed by atoms with E-state index in [2.05, 4.69) is 10.5 Å². The van der Waals surface area contributed by atoms with E-state index in [9.17, 15) is 19.8 Å². The molecular formula is C19H12N2O5-2. The van der Waals surface area contributed by atoms with Gasteiger partial charge in [-0.05, 0) is 40.1 Å². The lowest BCUT2D eigenvalue weighted by Crippen LogP contribution is -2.24. The van der Waals surface area contributed by atoms with Crippen LogP contribution in [0.1, 0.15) is 26.3 Å². The molecule has 7 nitrogen and oxygen atoms in total. The zero-order valence-electron chi connectivity index (χ0n) is 13.3. The number of rotatable bonds is 5. The first-order chi connectivity index (χ1) is 12.5. The van der Waals surface area contributed by atoms with Crippen molar-refractivity contribution in [1.82, 2.24) is 0 Å². The smallest absolute Gasteiger partial charge is 0.337 e. The Morgan fingerprint density at radius 2 is 1.73 bits per heavy atom. The molecule has 0 unspecified atom stereocenters. The molecule has 2 N–H and O–H groups in total. The molecule has 3 rings (SSSR count). The van der Waals surface area contributed by atoms with E-state index >= 15 is 0 Å². The first kappa shape index (κ1) is 17.0. The van der Waals surface area contributed by atoms with Gasteiger partial charge in [-0.15, -0.1) is 0 Å². The van der Waals surface area contributed by atoms with Crippen LogP contribution in [0.5, 0.6) is 5.75 Å². The van der Waals surface area contributed by atoms with Crippen LogP contribution in [-0.2, 0) is 0 Å². The summed E-state index contributed by atoms with van der Waals surface area (Å²) in [6.45, 7) is 0. The minimum absolute atomic E-state index is 0.0142. The van der Waals surface area contributed by atoms with Crippen LogP contribution in [0.2, 0.25) is 0 Å². The van der Waals surface area contributed by atoms with Crippen molar-refractivity contribution in [3.05, 3.63) is 71.3 Å². The molecule has 0 aliphatic carbocycles. The van der Waals surface area contributed by atoms with Crippen molar-refractivity contribution in [3.8, 4) is 5.75 Å². The van der Waals surface area contributed by atoms with Gasteiger partial charge in [0.15, 0.2) is 0 Å². The predicted octanol–water partition coefficient (Wildman–Crippen LogP) is 1.42. The fourth-order valence-corrected chi connectivity index (χ4v) is 2.57. The van der Waals surface area contributed by atoms with Gasteiger partial charge in [-0.3, -0.25) is 5.43 Å². The number of hydrazone groups is 1. The summed E-state index contributed by atoms with van der Waals surface area (Å²) in [6.07, 6.45) is 1.18. The number of fused-ring (bicyclic) bond motifs is 1. The average Bonchev–Trinajstić information content (AvgIpc) is 2.63. The number of benzene rings is 3. The summed E-state index contributed by atoms with van der Waals surface area (Å²) in [5.41, 5.74) is 2.43. The maximum atomic E-state index is 12.4. The van der Waals surface area contributed by atoms with Crippen LogP contribution >= 0.6 is 0 Å². The Morgan fingerprint density at radius 1 is 1.04 bits per heavy atom. The number of carboxylic acid groups (broad SMARTS) is 2. The molecule has 0 radical (unpaired) electrons. The molecule has 130 valence electrons. The molecule has 26 heavy (non-hydrogen) atoms. The van der Waals surface area contributed by atoms with Gasteiger partial charge in [0.25, 0.3) is 0 Å². The van der Waals surface area contributed by atoms with E-state index in [1.54, 1.807) is 36.4 Å². The maximum Gasteiger partial charge on any atom is 0.337 e. The fraction of sp³-hybridized carbons (Fsp3) is 0. The maximum absolute atomic E-state index is 12.4. The molecule has 0 heterocycles. The number of aromatic carboxylic acids is 2. The van der Waals surface area contributed by atoms with E-state index in [4.69, 9.17) is 5.11 Å². The highest BCUT2D eigenvalue weighted by atomic mass is 16.4. The minimum Gasteiger partial charge on any atom is -0.872 e. The average molecular weight is 348 g/mol. The van der Waals surface area contributed by atoms with Crippen LogP contribution in [0.15, 0.2) is 59.7 Å². The highest BCUT2D eigenvalue weighted by Crippen LogP contribution is 2.28. The van der Waals surface area contributed by atoms with E-state index < -0.39 is 23.3 Å². The van der Waals surface area contributed by atoms with Crippen molar-refractivity contribution in [3.63, 3.8) is 0 Å². The zero-order chi connectivity index (χ0) is 18.7. The molecule has 0 aliphatic rings. The first-order valence-corrected chi connectivity index (χ1v) is 7.54. The zero-order valence-corrected chi connectivity index (χ0v) is 13.3. The molecule has 0 saturated carbocycles. The number of hydrogen-bond donors (Lipinski definition) is 2. The van der Waals surface area contributed by atoms with E-state index in [0.29, 0.717) is 10.8 Å². The summed E-state index contributed by atoms with van der Waals surface area (Å²) in [6, 6.07) is 14.2. The van der Waals surface area contributed by atoms with Crippen molar-refractivity contribution in [2.45, 2.75) is 0 Å². The lowest BCUT2D eigenvalue weighted by molar-refractivity contribution is -0.276. The number of nitrogens with one attached hydrogen (secondary N) is 1. The molecule has 3 aromatic rings. The van der Waals surface area contributed by atoms with Crippen LogP contribution in [0.25, 0.3) is 10.8 Å². The molecular weight excluding hydrogens is 336 g/mol. The third-order valence-electron chi connectivity index (χ3n) is 3.80. The van der Waals surface area contributed by atoms with E-state index in [1.165, 1.54) is 24.4 Å². The standard InChI is InChI=1S/C19H14N2O5/c22-17-14(19(25)26)9-11-5-1-2-6-12(11)15(17)10-20-21-16-8-4-3-7-13(16)18(23)24/h1-10,21-22H,(H,23,24)(H,25,26)/p-2/b20-10+. The Morgan fingerprint density at radius 3 is 2.46 bits per heavy atom. The summed E-state index contributed by atoms with van der Waals surface area (Å²) < 4.78 is 0. The number of para-hydroxylation sites is 1. The highest BCUT2D eigenvalue weighted by Gasteiger charge is 2.09. The van der Waals surface area contributed by atoms with Gasteiger partial charge in [0, 0.05) is 0 Å². The molecule has 0 atom stereocenters. The molecule has 3 aromatic carbocycles. The van der Waals surface area contributed by atoms with Gasteiger partial charge in [-0.25, -0.2) is 4.79 Å². The fourth-order valence-electron chi connectivity index (χ4n) is 2.57. The Hall–Kier alpha value is -3.87. The second-order valence-corrected chi connectivity index (χ2v) is 5.40. The van der Waals surface area contributed by atoms with Gasteiger partial charge < -0.3 is 20.1 Å². The quantitative estimate of drug-likeness (QED) is 0.531. The minimum atomic E-state index is -1.57. The van der Waals surface area contributed by atoms with Crippen molar-refractivity contribution >= 4 is 34.6 Å². The van der Waals surface area contributed by atoms with Crippen LogP contribution in [-0.4, -0.2) is 23.3 Å².